The number of benzene rings is 2. The molecular formula is C30H28ClN3O5. The van der Waals surface area contributed by atoms with Crippen molar-refractivity contribution in [2.45, 2.75) is 19.4 Å². The number of carbonyl (C=O) groups excluding carboxylic acids is 4. The Kier molecular flexibility index (Phi) is 10.3. The number of allylic oxidation sites excluding steroid dienone is 2. The topological polar surface area (TPSA) is 106 Å². The van der Waals surface area contributed by atoms with Gasteiger partial charge in [0.25, 0.3) is 0 Å². The first-order valence-corrected chi connectivity index (χ1v) is 12.3. The summed E-state index contributed by atoms with van der Waals surface area (Å²) in [6.07, 6.45) is 7.82. The van der Waals surface area contributed by atoms with Gasteiger partial charge in [0.05, 0.1) is 7.11 Å². The Morgan fingerprint density at radius 1 is 1.10 bits per heavy atom. The van der Waals surface area contributed by atoms with Crippen LogP contribution in [0.15, 0.2) is 85.0 Å². The first-order chi connectivity index (χ1) is 18.8. The lowest BCUT2D eigenvalue weighted by Crippen LogP contribution is -2.41. The van der Waals surface area contributed by atoms with E-state index in [9.17, 15) is 19.2 Å². The second kappa shape index (κ2) is 13.8. The number of amides is 1. The Hall–Kier alpha value is -4.56. The predicted molar refractivity (Wildman–Crippen MR) is 151 cm³/mol. The van der Waals surface area contributed by atoms with E-state index in [4.69, 9.17) is 16.3 Å². The number of halogens is 1. The molecule has 0 aliphatic heterocycles. The number of rotatable bonds is 12. The van der Waals surface area contributed by atoms with Crippen LogP contribution in [0.5, 0.6) is 0 Å². The number of Topliss-reactive ketones (excluding diaryl/α,β-unsaturated/α-hetero) is 1. The molecular weight excluding hydrogens is 518 g/mol. The van der Waals surface area contributed by atoms with Gasteiger partial charge in [-0.3, -0.25) is 24.2 Å². The Balaban J connectivity index is 2.02. The highest BCUT2D eigenvalue weighted by atomic mass is 35.5. The van der Waals surface area contributed by atoms with Crippen LogP contribution in [0.1, 0.15) is 38.8 Å². The van der Waals surface area contributed by atoms with Crippen molar-refractivity contribution in [2.75, 3.05) is 19.5 Å². The first-order valence-electron chi connectivity index (χ1n) is 12.0. The maximum absolute atomic E-state index is 13.5. The van der Waals surface area contributed by atoms with Crippen molar-refractivity contribution in [3.8, 4) is 0 Å². The van der Waals surface area contributed by atoms with E-state index in [1.807, 2.05) is 6.07 Å². The number of carbonyl (C=O) groups is 4. The quantitative estimate of drug-likeness (QED) is 0.112. The summed E-state index contributed by atoms with van der Waals surface area (Å²) in [6.45, 7) is 1.42. The van der Waals surface area contributed by atoms with Crippen molar-refractivity contribution in [1.82, 2.24) is 9.88 Å². The largest absolute Gasteiger partial charge is 0.495 e. The second-order valence-corrected chi connectivity index (χ2v) is 9.07. The molecule has 3 aromatic rings. The van der Waals surface area contributed by atoms with Crippen LogP contribution in [0.2, 0.25) is 5.02 Å². The summed E-state index contributed by atoms with van der Waals surface area (Å²) >= 11 is 6.22. The number of ether oxygens (including phenoxy) is 1. The molecule has 1 heterocycles. The second-order valence-electron chi connectivity index (χ2n) is 8.64. The number of methoxy groups -OCH3 is 1. The van der Waals surface area contributed by atoms with Crippen molar-refractivity contribution in [1.29, 1.82) is 0 Å². The average Bonchev–Trinajstić information content (AvgIpc) is 2.94. The summed E-state index contributed by atoms with van der Waals surface area (Å²) < 4.78 is 5.65. The van der Waals surface area contributed by atoms with Crippen LogP contribution in [-0.4, -0.2) is 54.3 Å². The van der Waals surface area contributed by atoms with Gasteiger partial charge in [0.2, 0.25) is 5.91 Å². The number of nitrogens with one attached hydrogen (secondary N) is 1. The fraction of sp³-hybridized carbons (Fsp3) is 0.167. The molecule has 0 aliphatic rings. The van der Waals surface area contributed by atoms with Crippen LogP contribution in [-0.2, 0) is 20.7 Å². The number of hydrogen-bond donors (Lipinski definition) is 1. The van der Waals surface area contributed by atoms with Crippen LogP contribution in [0.3, 0.4) is 0 Å². The SMILES string of the molecule is COC(=C/N(C)C(Cc1cccnc1)C(=O)Nc1ccc(C=O)cc1)/C(=C\C=O)c1cc(Cl)ccc1C(C)=O. The number of aromatic nitrogens is 1. The molecule has 1 atom stereocenters. The molecule has 0 fully saturated rings. The maximum atomic E-state index is 13.5. The zero-order valence-electron chi connectivity index (χ0n) is 21.8. The van der Waals surface area contributed by atoms with Crippen molar-refractivity contribution in [2.24, 2.45) is 0 Å². The van der Waals surface area contributed by atoms with Crippen LogP contribution < -0.4 is 5.32 Å². The highest BCUT2D eigenvalue weighted by Gasteiger charge is 2.25. The number of ketones is 1. The molecule has 1 unspecified atom stereocenters. The summed E-state index contributed by atoms with van der Waals surface area (Å²) in [7, 11) is 3.14. The lowest BCUT2D eigenvalue weighted by Gasteiger charge is -2.27. The van der Waals surface area contributed by atoms with Gasteiger partial charge in [-0.15, -0.1) is 0 Å². The van der Waals surface area contributed by atoms with E-state index >= 15 is 0 Å². The number of aldehydes is 2. The lowest BCUT2D eigenvalue weighted by atomic mass is 9.95. The minimum absolute atomic E-state index is 0.211. The van der Waals surface area contributed by atoms with Crippen LogP contribution in [0, 0.1) is 0 Å². The summed E-state index contributed by atoms with van der Waals surface area (Å²) in [5.41, 5.74) is 2.96. The monoisotopic (exact) mass is 545 g/mol. The molecule has 2 aromatic carbocycles. The third-order valence-corrected chi connectivity index (χ3v) is 6.19. The molecule has 8 nitrogen and oxygen atoms in total. The molecule has 0 saturated heterocycles. The van der Waals surface area contributed by atoms with Gasteiger partial charge in [-0.2, -0.15) is 0 Å². The normalized spacial score (nSPS) is 12.3. The van der Waals surface area contributed by atoms with E-state index in [0.717, 1.165) is 11.8 Å². The summed E-state index contributed by atoms with van der Waals surface area (Å²) in [6, 6.07) is 14.2. The third kappa shape index (κ3) is 7.72. The molecule has 39 heavy (non-hydrogen) atoms. The third-order valence-electron chi connectivity index (χ3n) is 5.95. The van der Waals surface area contributed by atoms with Gasteiger partial charge >= 0.3 is 0 Å². The standard InChI is InChI=1S/C30H28ClN3O5/c1-20(37)25-11-8-23(31)16-27(25)26(12-14-35)29(39-3)18-34(2)28(15-22-5-4-13-32-17-22)30(38)33-24-9-6-21(19-36)7-10-24/h4-14,16-19,28H,15H2,1-3H3,(H,33,38)/b26-12-,29-18+. The summed E-state index contributed by atoms with van der Waals surface area (Å²) in [5, 5.41) is 3.26. The minimum Gasteiger partial charge on any atom is -0.495 e. The van der Waals surface area contributed by atoms with E-state index in [0.29, 0.717) is 45.7 Å². The van der Waals surface area contributed by atoms with Gasteiger partial charge < -0.3 is 15.0 Å². The number of pyridine rings is 1. The summed E-state index contributed by atoms with van der Waals surface area (Å²) in [4.78, 5) is 54.2. The number of nitrogens with zero attached hydrogens (tertiary/aromatic N) is 2. The maximum Gasteiger partial charge on any atom is 0.247 e. The van der Waals surface area contributed by atoms with Gasteiger partial charge in [0, 0.05) is 59.5 Å². The van der Waals surface area contributed by atoms with Gasteiger partial charge in [-0.05, 0) is 72.7 Å². The Labute approximate surface area is 232 Å². The molecule has 3 rings (SSSR count). The van der Waals surface area contributed by atoms with Crippen molar-refractivity contribution < 1.29 is 23.9 Å². The molecule has 0 bridgehead atoms. The smallest absolute Gasteiger partial charge is 0.247 e. The lowest BCUT2D eigenvalue weighted by molar-refractivity contribution is -0.120. The van der Waals surface area contributed by atoms with E-state index in [2.05, 4.69) is 10.3 Å². The molecule has 0 radical (unpaired) electrons. The van der Waals surface area contributed by atoms with E-state index in [1.54, 1.807) is 79.1 Å². The van der Waals surface area contributed by atoms with E-state index in [1.165, 1.54) is 20.1 Å². The van der Waals surface area contributed by atoms with Crippen LogP contribution >= 0.6 is 11.6 Å². The van der Waals surface area contributed by atoms with E-state index in [-0.39, 0.29) is 17.4 Å². The first kappa shape index (κ1) is 29.0. The van der Waals surface area contributed by atoms with Gasteiger partial charge in [0.1, 0.15) is 24.4 Å². The highest BCUT2D eigenvalue weighted by molar-refractivity contribution is 6.31. The molecule has 0 aliphatic carbocycles. The highest BCUT2D eigenvalue weighted by Crippen LogP contribution is 2.30. The minimum atomic E-state index is -0.728. The fourth-order valence-corrected chi connectivity index (χ4v) is 4.13. The predicted octanol–water partition coefficient (Wildman–Crippen LogP) is 5.00. The fourth-order valence-electron chi connectivity index (χ4n) is 3.96. The number of hydrogen-bond acceptors (Lipinski definition) is 7. The molecule has 1 N–H and O–H groups in total. The zero-order valence-corrected chi connectivity index (χ0v) is 22.5. The van der Waals surface area contributed by atoms with Gasteiger partial charge in [-0.1, -0.05) is 17.7 Å². The van der Waals surface area contributed by atoms with Crippen molar-refractivity contribution in [3.63, 3.8) is 0 Å². The van der Waals surface area contributed by atoms with E-state index < -0.39 is 6.04 Å². The van der Waals surface area contributed by atoms with Crippen molar-refractivity contribution >= 4 is 47.1 Å². The van der Waals surface area contributed by atoms with Crippen LogP contribution in [0.4, 0.5) is 5.69 Å². The summed E-state index contributed by atoms with van der Waals surface area (Å²) in [5.74, 6) is -0.287. The molecule has 1 amide bonds. The molecule has 9 heteroatoms. The molecule has 200 valence electrons. The van der Waals surface area contributed by atoms with Gasteiger partial charge in [0.15, 0.2) is 5.78 Å². The van der Waals surface area contributed by atoms with Crippen molar-refractivity contribution in [3.05, 3.63) is 112 Å². The van der Waals surface area contributed by atoms with Crippen LogP contribution in [0.25, 0.3) is 5.57 Å². The molecule has 1 aromatic heterocycles. The Morgan fingerprint density at radius 3 is 2.44 bits per heavy atom. The zero-order chi connectivity index (χ0) is 28.4. The number of likely N-dealkylation sites (N-methyl/N-ethyl adjacent to an activating group) is 1. The Bertz CT molecular complexity index is 1400. The molecule has 0 spiro atoms. The average molecular weight is 546 g/mol. The Morgan fingerprint density at radius 2 is 1.85 bits per heavy atom. The number of anilines is 1. The molecule has 0 saturated carbocycles. The van der Waals surface area contributed by atoms with Gasteiger partial charge in [-0.25, -0.2) is 0 Å².